The molecule has 0 saturated heterocycles. The zero-order valence-corrected chi connectivity index (χ0v) is 28.1. The van der Waals surface area contributed by atoms with Crippen molar-refractivity contribution in [2.75, 3.05) is 0 Å². The zero-order valence-electron chi connectivity index (χ0n) is 27.3. The van der Waals surface area contributed by atoms with Gasteiger partial charge < -0.3 is 9.76 Å². The van der Waals surface area contributed by atoms with E-state index in [1.165, 1.54) is 15.6 Å². The Kier molecular flexibility index (Phi) is 9.32. The molecule has 0 amide bonds. The van der Waals surface area contributed by atoms with Crippen LogP contribution < -0.4 is 5.46 Å². The Morgan fingerprint density at radius 2 is 1.40 bits per heavy atom. The van der Waals surface area contributed by atoms with Gasteiger partial charge in [0, 0.05) is 31.3 Å². The first-order valence-electron chi connectivity index (χ1n) is 15.7. The van der Waals surface area contributed by atoms with Gasteiger partial charge in [-0.1, -0.05) is 121 Å². The predicted octanol–water partition coefficient (Wildman–Crippen LogP) is 8.36. The van der Waals surface area contributed by atoms with E-state index in [4.69, 9.17) is 14.6 Å². The van der Waals surface area contributed by atoms with Crippen LogP contribution in [0.2, 0.25) is 0 Å². The average molecular weight is 636 g/mol. The van der Waals surface area contributed by atoms with Crippen LogP contribution in [0.5, 0.6) is 0 Å². The third-order valence-electron chi connectivity index (χ3n) is 8.72. The van der Waals surface area contributed by atoms with Gasteiger partial charge in [0.05, 0.1) is 17.7 Å². The number of hydrogen-bond donors (Lipinski definition) is 1. The summed E-state index contributed by atoms with van der Waals surface area (Å²) >= 11 is 1.73. The quantitative estimate of drug-likeness (QED) is 0.0986. The first kappa shape index (κ1) is 32.3. The SMILES string of the molecule is C=N/C(=N\C(=N/Cc1ccc(-c2ccccc2)cc1)c1cc(BOC(C)(C)C(C)(C)O)cc2c1sc1ccccc12)c1ccccc1. The molecule has 6 rings (SSSR count). The summed E-state index contributed by atoms with van der Waals surface area (Å²) in [6.07, 6.45) is 0. The fourth-order valence-corrected chi connectivity index (χ4v) is 6.43. The lowest BCUT2D eigenvalue weighted by Crippen LogP contribution is -2.49. The molecule has 5 nitrogen and oxygen atoms in total. The van der Waals surface area contributed by atoms with Crippen molar-refractivity contribution >= 4 is 62.8 Å². The highest BCUT2D eigenvalue weighted by atomic mass is 32.1. The minimum absolute atomic E-state index is 0.313. The molecule has 0 spiro atoms. The van der Waals surface area contributed by atoms with Crippen LogP contribution in [0.4, 0.5) is 0 Å². The number of benzene rings is 5. The monoisotopic (exact) mass is 635 g/mol. The third-order valence-corrected chi connectivity index (χ3v) is 9.94. The Labute approximate surface area is 281 Å². The Morgan fingerprint density at radius 3 is 2.09 bits per heavy atom. The van der Waals surface area contributed by atoms with Gasteiger partial charge in [-0.25, -0.2) is 9.98 Å². The van der Waals surface area contributed by atoms with E-state index in [9.17, 15) is 5.11 Å². The van der Waals surface area contributed by atoms with E-state index in [-0.39, 0.29) is 0 Å². The van der Waals surface area contributed by atoms with Crippen molar-refractivity contribution in [3.63, 3.8) is 0 Å². The van der Waals surface area contributed by atoms with E-state index in [1.807, 2.05) is 50.2 Å². The second-order valence-corrected chi connectivity index (χ2v) is 13.7. The fourth-order valence-electron chi connectivity index (χ4n) is 5.24. The highest BCUT2D eigenvalue weighted by Crippen LogP contribution is 2.36. The molecule has 0 aliphatic rings. The number of fused-ring (bicyclic) bond motifs is 3. The molecule has 0 bridgehead atoms. The highest BCUT2D eigenvalue weighted by Gasteiger charge is 2.35. The third kappa shape index (κ3) is 7.18. The van der Waals surface area contributed by atoms with Crippen LogP contribution in [0.25, 0.3) is 31.3 Å². The molecular weight excluding hydrogens is 597 g/mol. The van der Waals surface area contributed by atoms with Crippen LogP contribution in [0.3, 0.4) is 0 Å². The molecule has 234 valence electrons. The second-order valence-electron chi connectivity index (χ2n) is 12.6. The maximum absolute atomic E-state index is 10.8. The lowest BCUT2D eigenvalue weighted by Gasteiger charge is -2.37. The van der Waals surface area contributed by atoms with E-state index in [1.54, 1.807) is 25.2 Å². The molecule has 0 fully saturated rings. The summed E-state index contributed by atoms with van der Waals surface area (Å²) in [7, 11) is 0.313. The summed E-state index contributed by atoms with van der Waals surface area (Å²) < 4.78 is 8.63. The van der Waals surface area contributed by atoms with E-state index < -0.39 is 11.2 Å². The molecule has 0 atom stereocenters. The Hall–Kier alpha value is -4.69. The topological polar surface area (TPSA) is 66.5 Å². The molecule has 5 aromatic carbocycles. The normalized spacial score (nSPS) is 12.9. The molecular formula is C40H38BN3O2S. The summed E-state index contributed by atoms with van der Waals surface area (Å²) in [5, 5.41) is 13.0. The number of rotatable bonds is 9. The molecule has 1 N–H and O–H groups in total. The lowest BCUT2D eigenvalue weighted by atomic mass is 9.81. The number of amidine groups is 2. The van der Waals surface area contributed by atoms with Gasteiger partial charge in [0.25, 0.3) is 0 Å². The lowest BCUT2D eigenvalue weighted by molar-refractivity contribution is -0.0893. The first-order valence-corrected chi connectivity index (χ1v) is 16.5. The minimum Gasteiger partial charge on any atom is -0.427 e. The van der Waals surface area contributed by atoms with Gasteiger partial charge in [-0.05, 0) is 57.2 Å². The van der Waals surface area contributed by atoms with E-state index in [0.717, 1.165) is 37.8 Å². The predicted molar refractivity (Wildman–Crippen MR) is 202 cm³/mol. The van der Waals surface area contributed by atoms with Gasteiger partial charge in [-0.3, -0.25) is 4.99 Å². The van der Waals surface area contributed by atoms with E-state index >= 15 is 0 Å². The Morgan fingerprint density at radius 1 is 0.766 bits per heavy atom. The molecule has 7 heteroatoms. The van der Waals surface area contributed by atoms with Crippen LogP contribution >= 0.6 is 11.3 Å². The van der Waals surface area contributed by atoms with Gasteiger partial charge in [0.1, 0.15) is 0 Å². The van der Waals surface area contributed by atoms with E-state index in [2.05, 4.69) is 96.6 Å². The van der Waals surface area contributed by atoms with Gasteiger partial charge in [0.2, 0.25) is 0 Å². The van der Waals surface area contributed by atoms with Crippen molar-refractivity contribution in [2.24, 2.45) is 15.0 Å². The number of thiophene rings is 1. The Bertz CT molecular complexity index is 2080. The molecule has 47 heavy (non-hydrogen) atoms. The molecule has 0 aliphatic heterocycles. The number of aliphatic hydroxyl groups is 1. The van der Waals surface area contributed by atoms with Crippen LogP contribution in [-0.2, 0) is 11.2 Å². The smallest absolute Gasteiger partial charge is 0.309 e. The largest absolute Gasteiger partial charge is 0.427 e. The molecule has 0 radical (unpaired) electrons. The average Bonchev–Trinajstić information content (AvgIpc) is 3.46. The van der Waals surface area contributed by atoms with Gasteiger partial charge in [0.15, 0.2) is 11.7 Å². The standard InChI is InChI=1S/C40H38BN3O2S/c1-39(2,45)40(3,4)46-41-31-24-33-32-18-12-13-19-35(32)47-36(33)34(25-31)38(44-37(42-5)30-16-10-7-11-17-30)43-26-27-20-22-29(23-21-27)28-14-8-6-9-15-28/h6-25,41,45H,5,26H2,1-4H3/b43-38-,44-37-. The summed E-state index contributed by atoms with van der Waals surface area (Å²) in [5.74, 6) is 1.08. The molecule has 0 saturated carbocycles. The van der Waals surface area contributed by atoms with Crippen molar-refractivity contribution < 1.29 is 9.76 Å². The number of hydrogen-bond acceptors (Lipinski definition) is 4. The second kappa shape index (κ2) is 13.6. The number of nitrogens with zero attached hydrogens (tertiary/aromatic N) is 3. The van der Waals surface area contributed by atoms with Crippen molar-refractivity contribution in [3.8, 4) is 11.1 Å². The van der Waals surface area contributed by atoms with Gasteiger partial charge >= 0.3 is 7.48 Å². The molecule has 1 heterocycles. The zero-order chi connectivity index (χ0) is 33.0. The maximum Gasteiger partial charge on any atom is 0.309 e. The molecule has 0 aliphatic carbocycles. The van der Waals surface area contributed by atoms with Crippen LogP contribution in [0, 0.1) is 0 Å². The molecule has 1 aromatic heterocycles. The summed E-state index contributed by atoms with van der Waals surface area (Å²) in [6.45, 7) is 11.7. The van der Waals surface area contributed by atoms with Gasteiger partial charge in [-0.15, -0.1) is 11.3 Å². The van der Waals surface area contributed by atoms with Crippen LogP contribution in [-0.4, -0.2) is 42.2 Å². The Balaban J connectivity index is 1.48. The molecule has 0 unspecified atom stereocenters. The minimum atomic E-state index is -1.03. The van der Waals surface area contributed by atoms with Crippen LogP contribution in [0.1, 0.15) is 44.4 Å². The van der Waals surface area contributed by atoms with Gasteiger partial charge in [-0.2, -0.15) is 0 Å². The highest BCUT2D eigenvalue weighted by molar-refractivity contribution is 7.26. The van der Waals surface area contributed by atoms with E-state index in [0.29, 0.717) is 25.7 Å². The first-order chi connectivity index (χ1) is 22.6. The molecule has 6 aromatic rings. The van der Waals surface area contributed by atoms with Crippen LogP contribution in [0.15, 0.2) is 136 Å². The number of aliphatic imine (C=N–C) groups is 3. The van der Waals surface area contributed by atoms with Crippen molar-refractivity contribution in [3.05, 3.63) is 138 Å². The maximum atomic E-state index is 10.8. The van der Waals surface area contributed by atoms with Crippen molar-refractivity contribution in [2.45, 2.75) is 45.4 Å². The van der Waals surface area contributed by atoms with Crippen molar-refractivity contribution in [1.82, 2.24) is 0 Å². The summed E-state index contributed by atoms with van der Waals surface area (Å²) in [4.78, 5) is 14.6. The fraction of sp³-hybridized carbons (Fsp3) is 0.175. The summed E-state index contributed by atoms with van der Waals surface area (Å²) in [5.41, 5.74) is 4.35. The van der Waals surface area contributed by atoms with Crippen molar-refractivity contribution in [1.29, 1.82) is 0 Å². The summed E-state index contributed by atoms with van der Waals surface area (Å²) in [6, 6.07) is 41.5.